The van der Waals surface area contributed by atoms with Crippen LogP contribution in [0.2, 0.25) is 0 Å². The van der Waals surface area contributed by atoms with E-state index in [1.54, 1.807) is 47.9 Å². The first kappa shape index (κ1) is 17.1. The highest BCUT2D eigenvalue weighted by Gasteiger charge is 2.13. The number of hydrogen-bond acceptors (Lipinski definition) is 4. The number of rotatable bonds is 4. The van der Waals surface area contributed by atoms with E-state index in [9.17, 15) is 9.18 Å². The zero-order valence-corrected chi connectivity index (χ0v) is 15.2. The smallest absolute Gasteiger partial charge is 0.276 e. The number of aromatic nitrogens is 3. The van der Waals surface area contributed by atoms with Gasteiger partial charge in [-0.1, -0.05) is 24.3 Å². The van der Waals surface area contributed by atoms with Crippen molar-refractivity contribution in [3.63, 3.8) is 0 Å². The van der Waals surface area contributed by atoms with Gasteiger partial charge in [-0.2, -0.15) is 5.10 Å². The molecule has 134 valence electrons. The monoisotopic (exact) mass is 378 g/mol. The Labute approximate surface area is 159 Å². The minimum absolute atomic E-state index is 0.202. The predicted octanol–water partition coefficient (Wildman–Crippen LogP) is 4.70. The van der Waals surface area contributed by atoms with Crippen molar-refractivity contribution in [1.29, 1.82) is 0 Å². The molecule has 4 aromatic rings. The van der Waals surface area contributed by atoms with Gasteiger partial charge in [0, 0.05) is 22.8 Å². The lowest BCUT2D eigenvalue weighted by Gasteiger charge is -2.05. The number of carbonyl (C=O) groups excluding carboxylic acids is 1. The predicted molar refractivity (Wildman–Crippen MR) is 104 cm³/mol. The number of aryl methyl sites for hydroxylation is 1. The Balaban J connectivity index is 1.54. The van der Waals surface area contributed by atoms with Crippen LogP contribution in [0.25, 0.3) is 16.9 Å². The first-order chi connectivity index (χ1) is 13.1. The van der Waals surface area contributed by atoms with Crippen LogP contribution in [-0.2, 0) is 0 Å². The molecule has 2 heterocycles. The maximum atomic E-state index is 13.9. The quantitative estimate of drug-likeness (QED) is 0.560. The van der Waals surface area contributed by atoms with Crippen LogP contribution in [0, 0.1) is 12.7 Å². The number of hydrogen-bond donors (Lipinski definition) is 1. The molecule has 2 aromatic carbocycles. The summed E-state index contributed by atoms with van der Waals surface area (Å²) in [6.07, 6.45) is 1.56. The van der Waals surface area contributed by atoms with E-state index in [-0.39, 0.29) is 17.3 Å². The zero-order valence-electron chi connectivity index (χ0n) is 14.4. The number of nitrogens with one attached hydrogen (secondary N) is 1. The largest absolute Gasteiger partial charge is 0.321 e. The summed E-state index contributed by atoms with van der Waals surface area (Å²) in [5, 5.41) is 9.96. The third-order valence-corrected chi connectivity index (χ3v) is 4.73. The van der Waals surface area contributed by atoms with Crippen molar-refractivity contribution >= 4 is 22.9 Å². The van der Waals surface area contributed by atoms with Crippen LogP contribution in [0.3, 0.4) is 0 Å². The molecule has 0 atom stereocenters. The molecule has 0 bridgehead atoms. The summed E-state index contributed by atoms with van der Waals surface area (Å²) in [5.41, 5.74) is 2.93. The second-order valence-corrected chi connectivity index (χ2v) is 6.95. The summed E-state index contributed by atoms with van der Waals surface area (Å²) >= 11 is 1.58. The molecule has 27 heavy (non-hydrogen) atoms. The van der Waals surface area contributed by atoms with Crippen molar-refractivity contribution in [3.05, 3.63) is 82.7 Å². The van der Waals surface area contributed by atoms with Gasteiger partial charge in [-0.15, -0.1) is 11.3 Å². The first-order valence-electron chi connectivity index (χ1n) is 8.24. The van der Waals surface area contributed by atoms with Gasteiger partial charge in [-0.3, -0.25) is 4.79 Å². The molecule has 4 rings (SSSR count). The van der Waals surface area contributed by atoms with Crippen molar-refractivity contribution < 1.29 is 9.18 Å². The highest BCUT2D eigenvalue weighted by atomic mass is 32.1. The zero-order chi connectivity index (χ0) is 18.8. The average molecular weight is 378 g/mol. The second kappa shape index (κ2) is 7.13. The summed E-state index contributed by atoms with van der Waals surface area (Å²) in [4.78, 5) is 17.0. The van der Waals surface area contributed by atoms with Crippen molar-refractivity contribution in [3.8, 4) is 16.9 Å². The number of amides is 1. The lowest BCUT2D eigenvalue weighted by molar-refractivity contribution is 0.102. The van der Waals surface area contributed by atoms with Crippen molar-refractivity contribution in [2.45, 2.75) is 6.92 Å². The third-order valence-electron chi connectivity index (χ3n) is 3.96. The van der Waals surface area contributed by atoms with Gasteiger partial charge in [0.25, 0.3) is 5.91 Å². The number of benzene rings is 2. The van der Waals surface area contributed by atoms with Gasteiger partial charge in [0.1, 0.15) is 11.5 Å². The second-order valence-electron chi connectivity index (χ2n) is 5.88. The molecule has 0 spiro atoms. The lowest BCUT2D eigenvalue weighted by atomic mass is 10.1. The summed E-state index contributed by atoms with van der Waals surface area (Å²) in [6.45, 7) is 1.95. The molecule has 0 aliphatic carbocycles. The molecule has 1 N–H and O–H groups in total. The van der Waals surface area contributed by atoms with E-state index in [1.807, 2.05) is 30.5 Å². The fourth-order valence-corrected chi connectivity index (χ4v) is 3.29. The van der Waals surface area contributed by atoms with Crippen LogP contribution < -0.4 is 5.32 Å². The van der Waals surface area contributed by atoms with Crippen LogP contribution in [0.1, 0.15) is 15.5 Å². The SMILES string of the molecule is Cc1nc(-c2cccc(NC(=O)c3ccn(-c4ccccc4F)n3)c2)cs1. The number of thiazole rings is 1. The van der Waals surface area contributed by atoms with Crippen LogP contribution in [0.15, 0.2) is 66.2 Å². The lowest BCUT2D eigenvalue weighted by Crippen LogP contribution is -2.13. The minimum atomic E-state index is -0.404. The minimum Gasteiger partial charge on any atom is -0.321 e. The summed E-state index contributed by atoms with van der Waals surface area (Å²) < 4.78 is 15.2. The van der Waals surface area contributed by atoms with E-state index in [2.05, 4.69) is 15.4 Å². The molecule has 2 aromatic heterocycles. The van der Waals surface area contributed by atoms with Gasteiger partial charge in [0.2, 0.25) is 0 Å². The van der Waals surface area contributed by atoms with Crippen LogP contribution in [-0.4, -0.2) is 20.7 Å². The molecule has 0 fully saturated rings. The van der Waals surface area contributed by atoms with Gasteiger partial charge in [-0.25, -0.2) is 14.1 Å². The van der Waals surface area contributed by atoms with E-state index < -0.39 is 5.82 Å². The van der Waals surface area contributed by atoms with E-state index in [1.165, 1.54) is 10.7 Å². The van der Waals surface area contributed by atoms with Crippen LogP contribution in [0.5, 0.6) is 0 Å². The Kier molecular flexibility index (Phi) is 4.52. The molecule has 0 saturated carbocycles. The summed E-state index contributed by atoms with van der Waals surface area (Å²) in [5.74, 6) is -0.768. The normalized spacial score (nSPS) is 10.7. The topological polar surface area (TPSA) is 59.8 Å². The van der Waals surface area contributed by atoms with E-state index in [4.69, 9.17) is 0 Å². The van der Waals surface area contributed by atoms with E-state index >= 15 is 0 Å². The number of nitrogens with zero attached hydrogens (tertiary/aromatic N) is 3. The maximum Gasteiger partial charge on any atom is 0.276 e. The van der Waals surface area contributed by atoms with Crippen LogP contribution in [0.4, 0.5) is 10.1 Å². The average Bonchev–Trinajstić information content (AvgIpc) is 3.32. The molecule has 0 aliphatic rings. The van der Waals surface area contributed by atoms with Crippen molar-refractivity contribution in [2.75, 3.05) is 5.32 Å². The highest BCUT2D eigenvalue weighted by Crippen LogP contribution is 2.24. The third kappa shape index (κ3) is 3.63. The molecule has 5 nitrogen and oxygen atoms in total. The molecular weight excluding hydrogens is 363 g/mol. The number of carbonyl (C=O) groups is 1. The Morgan fingerprint density at radius 1 is 1.15 bits per heavy atom. The number of halogens is 1. The van der Waals surface area contributed by atoms with E-state index in [0.717, 1.165) is 16.3 Å². The standard InChI is InChI=1S/C20H15FN4OS/c1-13-22-18(12-27-13)14-5-4-6-15(11-14)23-20(26)17-9-10-25(24-17)19-8-3-2-7-16(19)21/h2-12H,1H3,(H,23,26). The Hall–Kier alpha value is -3.32. The first-order valence-corrected chi connectivity index (χ1v) is 9.12. The van der Waals surface area contributed by atoms with Crippen molar-refractivity contribution in [1.82, 2.24) is 14.8 Å². The number of para-hydroxylation sites is 1. The van der Waals surface area contributed by atoms with Gasteiger partial charge in [-0.05, 0) is 37.3 Å². The molecule has 7 heteroatoms. The van der Waals surface area contributed by atoms with Gasteiger partial charge < -0.3 is 5.32 Å². The molecule has 0 saturated heterocycles. The van der Waals surface area contributed by atoms with E-state index in [0.29, 0.717) is 5.69 Å². The van der Waals surface area contributed by atoms with Crippen LogP contribution >= 0.6 is 11.3 Å². The Morgan fingerprint density at radius 2 is 2.00 bits per heavy atom. The fraction of sp³-hybridized carbons (Fsp3) is 0.0500. The Bertz CT molecular complexity index is 1120. The van der Waals surface area contributed by atoms with Gasteiger partial charge in [0.15, 0.2) is 5.69 Å². The van der Waals surface area contributed by atoms with Crippen molar-refractivity contribution in [2.24, 2.45) is 0 Å². The van der Waals surface area contributed by atoms with Gasteiger partial charge >= 0.3 is 0 Å². The van der Waals surface area contributed by atoms with Gasteiger partial charge in [0.05, 0.1) is 10.7 Å². The molecule has 1 amide bonds. The highest BCUT2D eigenvalue weighted by molar-refractivity contribution is 7.09. The Morgan fingerprint density at radius 3 is 2.78 bits per heavy atom. The maximum absolute atomic E-state index is 13.9. The summed E-state index contributed by atoms with van der Waals surface area (Å²) in [7, 11) is 0. The molecule has 0 unspecified atom stereocenters. The molecular formula is C20H15FN4OS. The molecule has 0 aliphatic heterocycles. The molecule has 0 radical (unpaired) electrons. The fourth-order valence-electron chi connectivity index (χ4n) is 2.66. The summed E-state index contributed by atoms with van der Waals surface area (Å²) in [6, 6.07) is 15.3. The number of anilines is 1.